The van der Waals surface area contributed by atoms with Gasteiger partial charge in [0.1, 0.15) is 0 Å². The van der Waals surface area contributed by atoms with E-state index in [1.807, 2.05) is 0 Å². The average molecular weight is 269 g/mol. The van der Waals surface area contributed by atoms with E-state index in [-0.39, 0.29) is 0 Å². The van der Waals surface area contributed by atoms with Crippen LogP contribution in [-0.4, -0.2) is 19.3 Å². The van der Waals surface area contributed by atoms with Crippen LogP contribution >= 0.6 is 0 Å². The lowest BCUT2D eigenvalue weighted by molar-refractivity contribution is 0.0603. The molecule has 0 bridgehead atoms. The highest BCUT2D eigenvalue weighted by Gasteiger charge is 2.14. The third-order valence-corrected chi connectivity index (χ3v) is 4.13. The molecule has 0 radical (unpaired) electrons. The maximum atomic E-state index is 5.87. The molecule has 1 aliphatic carbocycles. The first-order valence-electron chi connectivity index (χ1n) is 7.72. The summed E-state index contributed by atoms with van der Waals surface area (Å²) in [5, 5.41) is 6.15. The Morgan fingerprint density at radius 3 is 2.70 bits per heavy atom. The van der Waals surface area contributed by atoms with Gasteiger partial charge in [-0.15, -0.1) is 0 Å². The van der Waals surface area contributed by atoms with Crippen molar-refractivity contribution in [2.45, 2.75) is 38.3 Å². The second-order valence-corrected chi connectivity index (χ2v) is 5.59. The molecule has 20 heavy (non-hydrogen) atoms. The van der Waals surface area contributed by atoms with Gasteiger partial charge in [0.2, 0.25) is 0 Å². The van der Waals surface area contributed by atoms with Gasteiger partial charge in [-0.3, -0.25) is 0 Å². The van der Waals surface area contributed by atoms with E-state index in [2.05, 4.69) is 47.8 Å². The fourth-order valence-electron chi connectivity index (χ4n) is 3.02. The SMILES string of the molecule is c1ccc2c(CNCCOC3CCCC3)cccc2c1. The van der Waals surface area contributed by atoms with Crippen molar-refractivity contribution in [2.75, 3.05) is 13.2 Å². The Balaban J connectivity index is 1.47. The minimum atomic E-state index is 0.523. The van der Waals surface area contributed by atoms with Crippen molar-refractivity contribution in [1.29, 1.82) is 0 Å². The Morgan fingerprint density at radius 2 is 1.80 bits per heavy atom. The van der Waals surface area contributed by atoms with Crippen LogP contribution in [0.3, 0.4) is 0 Å². The van der Waals surface area contributed by atoms with Gasteiger partial charge in [0, 0.05) is 13.1 Å². The minimum absolute atomic E-state index is 0.523. The van der Waals surface area contributed by atoms with Gasteiger partial charge in [0.15, 0.2) is 0 Å². The first kappa shape index (κ1) is 13.6. The molecule has 106 valence electrons. The summed E-state index contributed by atoms with van der Waals surface area (Å²) in [5.41, 5.74) is 1.36. The highest BCUT2D eigenvalue weighted by atomic mass is 16.5. The summed E-state index contributed by atoms with van der Waals surface area (Å²) in [5.74, 6) is 0. The molecule has 2 aromatic rings. The molecule has 0 spiro atoms. The van der Waals surface area contributed by atoms with Crippen LogP contribution in [0, 0.1) is 0 Å². The third-order valence-electron chi connectivity index (χ3n) is 4.13. The van der Waals surface area contributed by atoms with Crippen LogP contribution in [0.1, 0.15) is 31.2 Å². The molecule has 1 fully saturated rings. The van der Waals surface area contributed by atoms with Gasteiger partial charge in [0.25, 0.3) is 0 Å². The topological polar surface area (TPSA) is 21.3 Å². The van der Waals surface area contributed by atoms with Gasteiger partial charge in [-0.1, -0.05) is 55.3 Å². The molecule has 2 heteroatoms. The quantitative estimate of drug-likeness (QED) is 0.803. The van der Waals surface area contributed by atoms with Crippen molar-refractivity contribution in [3.8, 4) is 0 Å². The Hall–Kier alpha value is -1.38. The third kappa shape index (κ3) is 3.38. The highest BCUT2D eigenvalue weighted by molar-refractivity contribution is 5.85. The van der Waals surface area contributed by atoms with Gasteiger partial charge in [-0.2, -0.15) is 0 Å². The number of hydrogen-bond donors (Lipinski definition) is 1. The van der Waals surface area contributed by atoms with E-state index in [0.29, 0.717) is 6.10 Å². The minimum Gasteiger partial charge on any atom is -0.377 e. The van der Waals surface area contributed by atoms with Crippen LogP contribution in [-0.2, 0) is 11.3 Å². The molecule has 0 amide bonds. The maximum absolute atomic E-state index is 5.87. The smallest absolute Gasteiger partial charge is 0.0594 e. The molecule has 0 unspecified atom stereocenters. The van der Waals surface area contributed by atoms with Crippen LogP contribution in [0.5, 0.6) is 0 Å². The highest BCUT2D eigenvalue weighted by Crippen LogP contribution is 2.20. The first-order chi connectivity index (χ1) is 9.93. The van der Waals surface area contributed by atoms with E-state index in [4.69, 9.17) is 4.74 Å². The summed E-state index contributed by atoms with van der Waals surface area (Å²) in [7, 11) is 0. The molecule has 0 aliphatic heterocycles. The van der Waals surface area contributed by atoms with Gasteiger partial charge in [-0.05, 0) is 29.2 Å². The average Bonchev–Trinajstić information content (AvgIpc) is 3.00. The molecule has 2 nitrogen and oxygen atoms in total. The van der Waals surface area contributed by atoms with Crippen molar-refractivity contribution in [3.05, 3.63) is 48.0 Å². The Kier molecular flexibility index (Phi) is 4.67. The predicted octanol–water partition coefficient (Wildman–Crippen LogP) is 3.89. The summed E-state index contributed by atoms with van der Waals surface area (Å²) in [6.07, 6.45) is 5.71. The van der Waals surface area contributed by atoms with Crippen LogP contribution in [0.15, 0.2) is 42.5 Å². The zero-order valence-corrected chi connectivity index (χ0v) is 12.0. The second-order valence-electron chi connectivity index (χ2n) is 5.59. The van der Waals surface area contributed by atoms with Crippen molar-refractivity contribution in [3.63, 3.8) is 0 Å². The first-order valence-corrected chi connectivity index (χ1v) is 7.72. The van der Waals surface area contributed by atoms with Crippen LogP contribution in [0.25, 0.3) is 10.8 Å². The van der Waals surface area contributed by atoms with Gasteiger partial charge in [0.05, 0.1) is 12.7 Å². The Bertz CT molecular complexity index is 541. The summed E-state index contributed by atoms with van der Waals surface area (Å²) >= 11 is 0. The summed E-state index contributed by atoms with van der Waals surface area (Å²) in [6, 6.07) is 15.1. The number of nitrogens with one attached hydrogen (secondary N) is 1. The maximum Gasteiger partial charge on any atom is 0.0594 e. The summed E-state index contributed by atoms with van der Waals surface area (Å²) < 4.78 is 5.87. The van der Waals surface area contributed by atoms with Crippen molar-refractivity contribution in [2.24, 2.45) is 0 Å². The van der Waals surface area contributed by atoms with Crippen molar-refractivity contribution < 1.29 is 4.74 Å². The lowest BCUT2D eigenvalue weighted by atomic mass is 10.0. The van der Waals surface area contributed by atoms with Crippen molar-refractivity contribution in [1.82, 2.24) is 5.32 Å². The fraction of sp³-hybridized carbons (Fsp3) is 0.444. The van der Waals surface area contributed by atoms with Gasteiger partial charge < -0.3 is 10.1 Å². The van der Waals surface area contributed by atoms with Crippen LogP contribution in [0.2, 0.25) is 0 Å². The summed E-state index contributed by atoms with van der Waals surface area (Å²) in [4.78, 5) is 0. The number of fused-ring (bicyclic) bond motifs is 1. The van der Waals surface area contributed by atoms with Crippen LogP contribution in [0.4, 0.5) is 0 Å². The Morgan fingerprint density at radius 1 is 1.00 bits per heavy atom. The number of hydrogen-bond acceptors (Lipinski definition) is 2. The monoisotopic (exact) mass is 269 g/mol. The second kappa shape index (κ2) is 6.87. The number of rotatable bonds is 6. The van der Waals surface area contributed by atoms with Crippen molar-refractivity contribution >= 4 is 10.8 Å². The molecule has 2 aromatic carbocycles. The molecular formula is C18H23NO. The van der Waals surface area contributed by atoms with Gasteiger partial charge >= 0.3 is 0 Å². The molecular weight excluding hydrogens is 246 g/mol. The fourth-order valence-corrected chi connectivity index (χ4v) is 3.02. The molecule has 1 N–H and O–H groups in total. The lowest BCUT2D eigenvalue weighted by Crippen LogP contribution is -2.22. The van der Waals surface area contributed by atoms with Gasteiger partial charge in [-0.25, -0.2) is 0 Å². The van der Waals surface area contributed by atoms with E-state index in [1.54, 1.807) is 0 Å². The van der Waals surface area contributed by atoms with E-state index < -0.39 is 0 Å². The predicted molar refractivity (Wildman–Crippen MR) is 83.9 cm³/mol. The molecule has 1 aliphatic rings. The Labute approximate surface area is 121 Å². The standard InChI is InChI=1S/C18H23NO/c1-4-11-18-15(6-1)7-5-8-16(18)14-19-12-13-20-17-9-2-3-10-17/h1,4-8,11,17,19H,2-3,9-10,12-14H2. The van der Waals surface area contributed by atoms with E-state index >= 15 is 0 Å². The zero-order chi connectivity index (χ0) is 13.6. The lowest BCUT2D eigenvalue weighted by Gasteiger charge is -2.12. The molecule has 0 atom stereocenters. The molecule has 3 rings (SSSR count). The number of ether oxygens (including phenoxy) is 1. The van der Waals surface area contributed by atoms with E-state index in [0.717, 1.165) is 19.7 Å². The summed E-state index contributed by atoms with van der Waals surface area (Å²) in [6.45, 7) is 2.67. The number of benzene rings is 2. The molecule has 0 aromatic heterocycles. The normalized spacial score (nSPS) is 16.0. The zero-order valence-electron chi connectivity index (χ0n) is 12.0. The van der Waals surface area contributed by atoms with Crippen LogP contribution < -0.4 is 5.32 Å². The van der Waals surface area contributed by atoms with E-state index in [1.165, 1.54) is 42.0 Å². The molecule has 0 saturated heterocycles. The largest absolute Gasteiger partial charge is 0.377 e. The molecule has 1 saturated carbocycles. The van der Waals surface area contributed by atoms with E-state index in [9.17, 15) is 0 Å². The molecule has 0 heterocycles.